The van der Waals surface area contributed by atoms with Gasteiger partial charge < -0.3 is 0 Å². The Morgan fingerprint density at radius 1 is 0.741 bits per heavy atom. The smallest absolute Gasteiger partial charge is 0.262 e. The van der Waals surface area contributed by atoms with Crippen LogP contribution in [-0.4, -0.2) is 8.42 Å². The van der Waals surface area contributed by atoms with Gasteiger partial charge >= 0.3 is 6.18 Å². The molecule has 0 aliphatic rings. The maximum Gasteiger partial charge on any atom is 0.416 e. The van der Waals surface area contributed by atoms with Gasteiger partial charge in [-0.2, -0.15) is 13.2 Å². The van der Waals surface area contributed by atoms with Crippen molar-refractivity contribution in [2.75, 3.05) is 4.31 Å². The van der Waals surface area contributed by atoms with Gasteiger partial charge in [-0.05, 0) is 42.0 Å². The minimum Gasteiger partial charge on any atom is -0.262 e. The molecule has 0 aromatic heterocycles. The van der Waals surface area contributed by atoms with E-state index in [-0.39, 0.29) is 11.4 Å². The van der Waals surface area contributed by atoms with E-state index >= 15 is 0 Å². The third-order valence-electron chi connectivity index (χ3n) is 3.98. The molecule has 3 nitrogen and oxygen atoms in total. The van der Waals surface area contributed by atoms with Gasteiger partial charge in [0.05, 0.1) is 22.7 Å². The predicted molar refractivity (Wildman–Crippen MR) is 97.7 cm³/mol. The van der Waals surface area contributed by atoms with Crippen LogP contribution >= 0.6 is 0 Å². The highest BCUT2D eigenvalue weighted by Crippen LogP contribution is 2.31. The maximum atomic E-state index is 13.1. The number of hydrogen-bond acceptors (Lipinski definition) is 2. The second-order valence-corrected chi connectivity index (χ2v) is 7.72. The lowest BCUT2D eigenvalue weighted by molar-refractivity contribution is -0.137. The zero-order valence-electron chi connectivity index (χ0n) is 14.1. The molecule has 0 spiro atoms. The molecule has 0 bridgehead atoms. The van der Waals surface area contributed by atoms with Gasteiger partial charge in [-0.3, -0.25) is 4.31 Å². The van der Waals surface area contributed by atoms with E-state index in [9.17, 15) is 21.6 Å². The highest BCUT2D eigenvalue weighted by Gasteiger charge is 2.31. The quantitative estimate of drug-likeness (QED) is 0.607. The first-order valence-corrected chi connectivity index (χ1v) is 9.51. The molecule has 0 saturated heterocycles. The van der Waals surface area contributed by atoms with Gasteiger partial charge in [0, 0.05) is 0 Å². The summed E-state index contributed by atoms with van der Waals surface area (Å²) in [5.41, 5.74) is 0.300. The number of anilines is 1. The van der Waals surface area contributed by atoms with Gasteiger partial charge in [-0.1, -0.05) is 48.5 Å². The lowest BCUT2D eigenvalue weighted by atomic mass is 10.2. The number of rotatable bonds is 5. The molecule has 27 heavy (non-hydrogen) atoms. The molecule has 0 fully saturated rings. The number of para-hydroxylation sites is 1. The fourth-order valence-electron chi connectivity index (χ4n) is 2.60. The summed E-state index contributed by atoms with van der Waals surface area (Å²) in [4.78, 5) is -0.199. The van der Waals surface area contributed by atoms with Crippen LogP contribution in [0.4, 0.5) is 18.9 Å². The second-order valence-electron chi connectivity index (χ2n) is 5.85. The number of halogens is 3. The lowest BCUT2D eigenvalue weighted by Gasteiger charge is -2.25. The van der Waals surface area contributed by atoms with Crippen LogP contribution < -0.4 is 4.31 Å². The van der Waals surface area contributed by atoms with Crippen molar-refractivity contribution in [1.29, 1.82) is 0 Å². The van der Waals surface area contributed by atoms with Crippen LogP contribution in [0.3, 0.4) is 0 Å². The van der Waals surface area contributed by atoms with Crippen LogP contribution in [0.2, 0.25) is 0 Å². The lowest BCUT2D eigenvalue weighted by Crippen LogP contribution is -2.30. The Bertz CT molecular complexity index is 987. The molecule has 0 saturated carbocycles. The van der Waals surface area contributed by atoms with E-state index in [1.165, 1.54) is 4.31 Å². The predicted octanol–water partition coefficient (Wildman–Crippen LogP) is 5.10. The van der Waals surface area contributed by atoms with Gasteiger partial charge in [0.15, 0.2) is 0 Å². The molecule has 0 aliphatic heterocycles. The Kier molecular flexibility index (Phi) is 5.23. The molecule has 3 aromatic carbocycles. The van der Waals surface area contributed by atoms with Crippen molar-refractivity contribution in [2.45, 2.75) is 17.6 Å². The second kappa shape index (κ2) is 7.44. The third-order valence-corrected chi connectivity index (χ3v) is 5.77. The summed E-state index contributed by atoms with van der Waals surface area (Å²) in [7, 11) is -4.05. The summed E-state index contributed by atoms with van der Waals surface area (Å²) in [5.74, 6) is 0. The number of nitrogens with zero attached hydrogens (tertiary/aromatic N) is 1. The average molecular weight is 391 g/mol. The summed E-state index contributed by atoms with van der Waals surface area (Å²) < 4.78 is 65.8. The van der Waals surface area contributed by atoms with Crippen molar-refractivity contribution in [1.82, 2.24) is 0 Å². The Balaban J connectivity index is 2.02. The van der Waals surface area contributed by atoms with E-state index in [4.69, 9.17) is 0 Å². The molecule has 0 atom stereocenters. The normalized spacial score (nSPS) is 12.0. The first-order valence-electron chi connectivity index (χ1n) is 8.07. The standard InChI is InChI=1S/C20H16F3NO2S/c21-20(22,23)17-11-13-19(14-12-17)27(25,26)24(18-9-5-2-6-10-18)15-16-7-3-1-4-8-16/h1-14H,15H2. The molecule has 0 radical (unpaired) electrons. The largest absolute Gasteiger partial charge is 0.416 e. The Hall–Kier alpha value is -2.80. The van der Waals surface area contributed by atoms with Crippen LogP contribution in [0.1, 0.15) is 11.1 Å². The molecule has 0 aliphatic carbocycles. The van der Waals surface area contributed by atoms with Crippen LogP contribution in [0, 0.1) is 0 Å². The van der Waals surface area contributed by atoms with Crippen LogP contribution in [-0.2, 0) is 22.7 Å². The molecule has 0 heterocycles. The fourth-order valence-corrected chi connectivity index (χ4v) is 4.05. The summed E-state index contributed by atoms with van der Waals surface area (Å²) in [5, 5.41) is 0. The van der Waals surface area contributed by atoms with Crippen LogP contribution in [0.15, 0.2) is 89.8 Å². The zero-order valence-corrected chi connectivity index (χ0v) is 14.9. The van der Waals surface area contributed by atoms with E-state index < -0.39 is 21.8 Å². The first kappa shape index (κ1) is 19.0. The molecule has 3 aromatic rings. The summed E-state index contributed by atoms with van der Waals surface area (Å²) >= 11 is 0. The average Bonchev–Trinajstić information content (AvgIpc) is 2.67. The molecule has 7 heteroatoms. The number of hydrogen-bond donors (Lipinski definition) is 0. The van der Waals surface area contributed by atoms with E-state index in [0.717, 1.165) is 29.8 Å². The van der Waals surface area contributed by atoms with Crippen molar-refractivity contribution < 1.29 is 21.6 Å². The number of sulfonamides is 1. The van der Waals surface area contributed by atoms with Crippen molar-refractivity contribution >= 4 is 15.7 Å². The van der Waals surface area contributed by atoms with Gasteiger partial charge in [0.1, 0.15) is 0 Å². The Labute approximate surface area is 155 Å². The van der Waals surface area contributed by atoms with Gasteiger partial charge in [0.25, 0.3) is 10.0 Å². The molecule has 3 rings (SSSR count). The van der Waals surface area contributed by atoms with E-state index in [1.54, 1.807) is 54.6 Å². The van der Waals surface area contributed by atoms with Crippen LogP contribution in [0.25, 0.3) is 0 Å². The SMILES string of the molecule is O=S(=O)(c1ccc(C(F)(F)F)cc1)N(Cc1ccccc1)c1ccccc1. The molecular weight excluding hydrogens is 375 g/mol. The highest BCUT2D eigenvalue weighted by molar-refractivity contribution is 7.92. The number of benzene rings is 3. The third kappa shape index (κ3) is 4.31. The molecular formula is C20H16F3NO2S. The van der Waals surface area contributed by atoms with Crippen molar-refractivity contribution in [2.24, 2.45) is 0 Å². The summed E-state index contributed by atoms with van der Waals surface area (Å²) in [6.07, 6.45) is -4.52. The monoisotopic (exact) mass is 391 g/mol. The topological polar surface area (TPSA) is 37.4 Å². The van der Waals surface area contributed by atoms with E-state index in [1.807, 2.05) is 6.07 Å². The van der Waals surface area contributed by atoms with Crippen molar-refractivity contribution in [3.8, 4) is 0 Å². The highest BCUT2D eigenvalue weighted by atomic mass is 32.2. The van der Waals surface area contributed by atoms with Gasteiger partial charge in [-0.15, -0.1) is 0 Å². The number of alkyl halides is 3. The van der Waals surface area contributed by atoms with Gasteiger partial charge in [0.2, 0.25) is 0 Å². The van der Waals surface area contributed by atoms with Crippen molar-refractivity contribution in [3.05, 3.63) is 96.1 Å². The maximum absolute atomic E-state index is 13.1. The van der Waals surface area contributed by atoms with E-state index in [0.29, 0.717) is 5.69 Å². The van der Waals surface area contributed by atoms with Crippen molar-refractivity contribution in [3.63, 3.8) is 0 Å². The summed E-state index contributed by atoms with van der Waals surface area (Å²) in [6, 6.07) is 21.0. The summed E-state index contributed by atoms with van der Waals surface area (Å²) in [6.45, 7) is 0.0637. The van der Waals surface area contributed by atoms with E-state index in [2.05, 4.69) is 0 Å². The fraction of sp³-hybridized carbons (Fsp3) is 0.100. The minimum atomic E-state index is -4.52. The first-order chi connectivity index (χ1) is 12.8. The molecule has 0 N–H and O–H groups in total. The molecule has 0 unspecified atom stereocenters. The minimum absolute atomic E-state index is 0.0637. The molecule has 0 amide bonds. The molecule has 140 valence electrons. The van der Waals surface area contributed by atoms with Crippen LogP contribution in [0.5, 0.6) is 0 Å². The zero-order chi connectivity index (χ0) is 19.5. The van der Waals surface area contributed by atoms with Gasteiger partial charge in [-0.25, -0.2) is 8.42 Å². The Morgan fingerprint density at radius 2 is 1.26 bits per heavy atom. The Morgan fingerprint density at radius 3 is 1.78 bits per heavy atom.